The fourth-order valence-corrected chi connectivity index (χ4v) is 2.95. The van der Waals surface area contributed by atoms with Crippen molar-refractivity contribution in [1.82, 2.24) is 18.7 Å². The molecule has 2 aromatic heterocycles. The molecule has 2 heterocycles. The number of benzene rings is 1. The number of fused-ring (bicyclic) bond motifs is 1. The van der Waals surface area contributed by atoms with E-state index in [4.69, 9.17) is 0 Å². The molecule has 0 aliphatic heterocycles. The number of aryl methyl sites for hydroxylation is 1. The first-order valence-electron chi connectivity index (χ1n) is 5.65. The Balaban J connectivity index is 1.99. The molecule has 1 aromatic carbocycles. The maximum Gasteiger partial charge on any atom is 0.137 e. The zero-order chi connectivity index (χ0) is 13.2. The van der Waals surface area contributed by atoms with E-state index in [1.54, 1.807) is 12.5 Å². The number of aromatic nitrogens is 4. The first-order valence-corrected chi connectivity index (χ1v) is 7.17. The number of hydrogen-bond acceptors (Lipinski definition) is 6. The van der Waals surface area contributed by atoms with Crippen molar-refractivity contribution in [3.8, 4) is 0 Å². The van der Waals surface area contributed by atoms with E-state index in [-0.39, 0.29) is 0 Å². The average Bonchev–Trinajstić information content (AvgIpc) is 2.89. The molecule has 0 radical (unpaired) electrons. The summed E-state index contributed by atoms with van der Waals surface area (Å²) in [6.45, 7) is 2.65. The van der Waals surface area contributed by atoms with Gasteiger partial charge in [-0.15, -0.1) is 0 Å². The summed E-state index contributed by atoms with van der Waals surface area (Å²) < 4.78 is 9.11. The highest BCUT2D eigenvalue weighted by Crippen LogP contribution is 2.27. The van der Waals surface area contributed by atoms with Gasteiger partial charge >= 0.3 is 0 Å². The lowest BCUT2D eigenvalue weighted by molar-refractivity contribution is 1.06. The molecule has 3 aromatic rings. The van der Waals surface area contributed by atoms with E-state index in [1.807, 2.05) is 13.0 Å². The smallest absolute Gasteiger partial charge is 0.137 e. The van der Waals surface area contributed by atoms with E-state index >= 15 is 0 Å². The molecular formula is C12H10BrN5S. The van der Waals surface area contributed by atoms with Crippen LogP contribution < -0.4 is 5.32 Å². The third kappa shape index (κ3) is 2.57. The summed E-state index contributed by atoms with van der Waals surface area (Å²) >= 11 is 4.74. The number of halogens is 1. The molecule has 0 fully saturated rings. The molecule has 0 saturated heterocycles. The van der Waals surface area contributed by atoms with Crippen LogP contribution in [0.4, 0.5) is 5.82 Å². The zero-order valence-electron chi connectivity index (χ0n) is 10.1. The van der Waals surface area contributed by atoms with Crippen LogP contribution in [-0.4, -0.2) is 18.7 Å². The minimum atomic E-state index is 0.605. The second-order valence-corrected chi connectivity index (χ2v) is 5.53. The van der Waals surface area contributed by atoms with Crippen LogP contribution in [0, 0.1) is 6.92 Å². The number of anilines is 1. The van der Waals surface area contributed by atoms with Crippen molar-refractivity contribution in [3.05, 3.63) is 40.4 Å². The molecule has 0 amide bonds. The Morgan fingerprint density at radius 3 is 3.00 bits per heavy atom. The molecule has 96 valence electrons. The lowest BCUT2D eigenvalue weighted by Gasteiger charge is -2.08. The minimum absolute atomic E-state index is 0.605. The van der Waals surface area contributed by atoms with E-state index in [2.05, 4.69) is 46.0 Å². The van der Waals surface area contributed by atoms with Gasteiger partial charge in [0, 0.05) is 9.86 Å². The second-order valence-electron chi connectivity index (χ2n) is 4.12. The Labute approximate surface area is 122 Å². The topological polar surface area (TPSA) is 63.6 Å². The van der Waals surface area contributed by atoms with Gasteiger partial charge in [-0.25, -0.2) is 9.97 Å². The summed E-state index contributed by atoms with van der Waals surface area (Å²) in [7, 11) is 0. The summed E-state index contributed by atoms with van der Waals surface area (Å²) in [6, 6.07) is 4.12. The van der Waals surface area contributed by atoms with Crippen molar-refractivity contribution < 1.29 is 0 Å². The molecular weight excluding hydrogens is 326 g/mol. The van der Waals surface area contributed by atoms with Gasteiger partial charge < -0.3 is 5.32 Å². The first kappa shape index (κ1) is 12.4. The second kappa shape index (κ2) is 5.18. The summed E-state index contributed by atoms with van der Waals surface area (Å²) in [5.74, 6) is 0.808. The van der Waals surface area contributed by atoms with E-state index < -0.39 is 0 Å². The van der Waals surface area contributed by atoms with Crippen LogP contribution in [0.3, 0.4) is 0 Å². The van der Waals surface area contributed by atoms with Crippen molar-refractivity contribution in [2.45, 2.75) is 13.5 Å². The molecule has 0 spiro atoms. The van der Waals surface area contributed by atoms with Gasteiger partial charge in [-0.1, -0.05) is 0 Å². The van der Waals surface area contributed by atoms with Crippen LogP contribution in [0.2, 0.25) is 0 Å². The Bertz CT molecular complexity index is 713. The van der Waals surface area contributed by atoms with Gasteiger partial charge in [0.1, 0.15) is 12.1 Å². The van der Waals surface area contributed by atoms with Crippen molar-refractivity contribution in [3.63, 3.8) is 0 Å². The predicted molar refractivity (Wildman–Crippen MR) is 79.2 cm³/mol. The summed E-state index contributed by atoms with van der Waals surface area (Å²) in [5.41, 5.74) is 2.97. The van der Waals surface area contributed by atoms with Crippen LogP contribution in [-0.2, 0) is 6.54 Å². The third-order valence-electron chi connectivity index (χ3n) is 2.68. The van der Waals surface area contributed by atoms with Gasteiger partial charge in [0.25, 0.3) is 0 Å². The summed E-state index contributed by atoms with van der Waals surface area (Å²) in [4.78, 5) is 8.60. The highest BCUT2D eigenvalue weighted by atomic mass is 79.9. The summed E-state index contributed by atoms with van der Waals surface area (Å²) in [6.07, 6.45) is 3.31. The van der Waals surface area contributed by atoms with Crippen molar-refractivity contribution >= 4 is 44.4 Å². The molecule has 1 N–H and O–H groups in total. The normalized spacial score (nSPS) is 10.8. The number of nitrogens with one attached hydrogen (secondary N) is 1. The van der Waals surface area contributed by atoms with Crippen LogP contribution in [0.5, 0.6) is 0 Å². The van der Waals surface area contributed by atoms with Gasteiger partial charge in [0.15, 0.2) is 0 Å². The Morgan fingerprint density at radius 2 is 2.21 bits per heavy atom. The molecule has 0 bridgehead atoms. The maximum absolute atomic E-state index is 4.30. The standard InChI is InChI=1S/C12H10BrN5S/c1-7-2-9-11(10(13)3-7)15-6-16-12(9)14-4-8-5-17-19-18-8/h2-3,5-6H,4H2,1H3,(H,14,15,16). The highest BCUT2D eigenvalue weighted by molar-refractivity contribution is 9.10. The van der Waals surface area contributed by atoms with Crippen molar-refractivity contribution in [1.29, 1.82) is 0 Å². The van der Waals surface area contributed by atoms with Gasteiger partial charge in [-0.2, -0.15) is 8.75 Å². The van der Waals surface area contributed by atoms with E-state index in [1.165, 1.54) is 11.7 Å². The van der Waals surface area contributed by atoms with E-state index in [0.29, 0.717) is 6.54 Å². The minimum Gasteiger partial charge on any atom is -0.364 e. The Kier molecular flexibility index (Phi) is 3.39. The van der Waals surface area contributed by atoms with Crippen molar-refractivity contribution in [2.75, 3.05) is 5.32 Å². The maximum atomic E-state index is 4.30. The van der Waals surface area contributed by atoms with E-state index in [9.17, 15) is 0 Å². The number of rotatable bonds is 3. The van der Waals surface area contributed by atoms with Gasteiger partial charge in [-0.05, 0) is 40.5 Å². The zero-order valence-corrected chi connectivity index (χ0v) is 12.5. The molecule has 3 rings (SSSR count). The predicted octanol–water partition coefficient (Wildman–Crippen LogP) is 3.16. The lowest BCUT2D eigenvalue weighted by atomic mass is 10.1. The van der Waals surface area contributed by atoms with Crippen molar-refractivity contribution in [2.24, 2.45) is 0 Å². The fraction of sp³-hybridized carbons (Fsp3) is 0.167. The molecule has 0 aliphatic carbocycles. The molecule has 19 heavy (non-hydrogen) atoms. The third-order valence-corrected chi connectivity index (χ3v) is 3.80. The monoisotopic (exact) mass is 335 g/mol. The SMILES string of the molecule is Cc1cc(Br)c2ncnc(NCc3cnsn3)c2c1. The molecule has 0 aliphatic rings. The van der Waals surface area contributed by atoms with Gasteiger partial charge in [-0.3, -0.25) is 0 Å². The van der Waals surface area contributed by atoms with Gasteiger partial charge in [0.2, 0.25) is 0 Å². The largest absolute Gasteiger partial charge is 0.364 e. The first-order chi connectivity index (χ1) is 9.24. The fourth-order valence-electron chi connectivity index (χ4n) is 1.84. The molecule has 0 unspecified atom stereocenters. The van der Waals surface area contributed by atoms with Gasteiger partial charge in [0.05, 0.1) is 35.7 Å². The molecule has 0 saturated carbocycles. The van der Waals surface area contributed by atoms with Crippen LogP contribution >= 0.6 is 27.7 Å². The van der Waals surface area contributed by atoms with Crippen LogP contribution in [0.25, 0.3) is 10.9 Å². The number of hydrogen-bond donors (Lipinski definition) is 1. The Morgan fingerprint density at radius 1 is 1.32 bits per heavy atom. The number of nitrogens with zero attached hydrogens (tertiary/aromatic N) is 4. The quantitative estimate of drug-likeness (QED) is 0.796. The Hall–Kier alpha value is -1.60. The summed E-state index contributed by atoms with van der Waals surface area (Å²) in [5, 5.41) is 4.27. The van der Waals surface area contributed by atoms with Crippen LogP contribution in [0.15, 0.2) is 29.1 Å². The molecule has 5 nitrogen and oxygen atoms in total. The molecule has 0 atom stereocenters. The highest BCUT2D eigenvalue weighted by Gasteiger charge is 2.07. The average molecular weight is 336 g/mol. The van der Waals surface area contributed by atoms with E-state index in [0.717, 1.165) is 32.5 Å². The van der Waals surface area contributed by atoms with Crippen LogP contribution in [0.1, 0.15) is 11.3 Å². The molecule has 7 heteroatoms. The lowest BCUT2D eigenvalue weighted by Crippen LogP contribution is -2.03.